The Balaban J connectivity index is 1.83. The van der Waals surface area contributed by atoms with Crippen LogP contribution in [0.2, 0.25) is 10.2 Å². The molecule has 0 spiro atoms. The van der Waals surface area contributed by atoms with Crippen LogP contribution in [0.3, 0.4) is 0 Å². The van der Waals surface area contributed by atoms with Crippen LogP contribution < -0.4 is 0 Å². The van der Waals surface area contributed by atoms with E-state index in [1.165, 1.54) is 0 Å². The van der Waals surface area contributed by atoms with Crippen molar-refractivity contribution in [2.75, 3.05) is 7.05 Å². The number of hydrogen-bond donors (Lipinski definition) is 0. The summed E-state index contributed by atoms with van der Waals surface area (Å²) in [7, 11) is 1.73. The Morgan fingerprint density at radius 3 is 2.65 bits per heavy atom. The van der Waals surface area contributed by atoms with Crippen molar-refractivity contribution in [3.8, 4) is 0 Å². The lowest BCUT2D eigenvalue weighted by Gasteiger charge is -2.17. The minimum absolute atomic E-state index is 0.179. The average Bonchev–Trinajstić information content (AvgIpc) is 2.90. The Hall–Kier alpha value is -2.37. The lowest BCUT2D eigenvalue weighted by atomic mass is 10.2. The van der Waals surface area contributed by atoms with Crippen LogP contribution in [0.4, 0.5) is 0 Å². The van der Waals surface area contributed by atoms with Crippen LogP contribution in [0.25, 0.3) is 0 Å². The van der Waals surface area contributed by atoms with Crippen molar-refractivity contribution in [1.29, 1.82) is 0 Å². The van der Waals surface area contributed by atoms with Crippen LogP contribution >= 0.6 is 23.2 Å². The van der Waals surface area contributed by atoms with E-state index in [1.807, 2.05) is 36.4 Å². The van der Waals surface area contributed by atoms with Crippen molar-refractivity contribution in [2.45, 2.75) is 20.0 Å². The highest BCUT2D eigenvalue weighted by molar-refractivity contribution is 6.33. The first-order valence-corrected chi connectivity index (χ1v) is 8.83. The van der Waals surface area contributed by atoms with E-state index in [4.69, 9.17) is 23.2 Å². The van der Waals surface area contributed by atoms with E-state index >= 15 is 0 Å². The van der Waals surface area contributed by atoms with Gasteiger partial charge >= 0.3 is 0 Å². The van der Waals surface area contributed by atoms with Crippen molar-refractivity contribution in [3.63, 3.8) is 0 Å². The molecule has 5 nitrogen and oxygen atoms in total. The maximum Gasteiger partial charge on any atom is 0.258 e. The zero-order valence-electron chi connectivity index (χ0n) is 14.5. The van der Waals surface area contributed by atoms with Crippen LogP contribution in [0, 0.1) is 6.92 Å². The second-order valence-corrected chi connectivity index (χ2v) is 6.79. The van der Waals surface area contributed by atoms with Crippen LogP contribution in [0.15, 0.2) is 48.8 Å². The number of nitrogens with zero attached hydrogens (tertiary/aromatic N) is 4. The van der Waals surface area contributed by atoms with Gasteiger partial charge < -0.3 is 4.90 Å². The third-order valence-electron chi connectivity index (χ3n) is 4.05. The summed E-state index contributed by atoms with van der Waals surface area (Å²) in [5.74, 6) is -0.179. The maximum atomic E-state index is 12.9. The Morgan fingerprint density at radius 1 is 1.19 bits per heavy atom. The van der Waals surface area contributed by atoms with Crippen LogP contribution in [-0.4, -0.2) is 32.6 Å². The molecule has 0 atom stereocenters. The molecule has 26 heavy (non-hydrogen) atoms. The summed E-state index contributed by atoms with van der Waals surface area (Å²) in [4.78, 5) is 18.5. The first-order valence-electron chi connectivity index (χ1n) is 8.08. The number of pyridine rings is 1. The van der Waals surface area contributed by atoms with Gasteiger partial charge in [0, 0.05) is 31.0 Å². The van der Waals surface area contributed by atoms with E-state index in [1.54, 1.807) is 35.9 Å². The fourth-order valence-electron chi connectivity index (χ4n) is 2.72. The molecule has 0 bridgehead atoms. The number of benzene rings is 1. The average molecular weight is 389 g/mol. The van der Waals surface area contributed by atoms with Gasteiger partial charge in [-0.25, -0.2) is 4.68 Å². The molecular formula is C19H18Cl2N4O. The monoisotopic (exact) mass is 388 g/mol. The van der Waals surface area contributed by atoms with Gasteiger partial charge in [-0.05, 0) is 30.2 Å². The SMILES string of the molecule is Cc1nn(Cc2ccccc2Cl)c(Cl)c1C(=O)N(C)Cc1cccnc1. The van der Waals surface area contributed by atoms with Gasteiger partial charge in [0.15, 0.2) is 0 Å². The van der Waals surface area contributed by atoms with Gasteiger partial charge in [0.25, 0.3) is 5.91 Å². The number of amides is 1. The molecule has 0 fully saturated rings. The number of aryl methyl sites for hydroxylation is 1. The standard InChI is InChI=1S/C19H18Cl2N4O/c1-13-17(19(26)24(2)11-14-6-5-9-22-10-14)18(21)25(23-13)12-15-7-3-4-8-16(15)20/h3-10H,11-12H2,1-2H3. The number of carbonyl (C=O) groups is 1. The summed E-state index contributed by atoms with van der Waals surface area (Å²) < 4.78 is 1.60. The Bertz CT molecular complexity index is 925. The van der Waals surface area contributed by atoms with E-state index in [0.29, 0.717) is 34.5 Å². The summed E-state index contributed by atoms with van der Waals surface area (Å²) in [5, 5.41) is 5.37. The van der Waals surface area contributed by atoms with E-state index in [0.717, 1.165) is 11.1 Å². The number of aromatic nitrogens is 3. The lowest BCUT2D eigenvalue weighted by Crippen LogP contribution is -2.26. The Kier molecular flexibility index (Phi) is 5.59. The molecule has 0 saturated heterocycles. The van der Waals surface area contributed by atoms with Gasteiger partial charge in [-0.3, -0.25) is 9.78 Å². The highest BCUT2D eigenvalue weighted by Crippen LogP contribution is 2.24. The predicted octanol–water partition coefficient (Wildman–Crippen LogP) is 4.21. The lowest BCUT2D eigenvalue weighted by molar-refractivity contribution is 0.0784. The molecule has 0 aliphatic rings. The molecule has 0 aliphatic heterocycles. The molecule has 7 heteroatoms. The molecule has 0 unspecified atom stereocenters. The molecule has 1 aromatic carbocycles. The highest BCUT2D eigenvalue weighted by atomic mass is 35.5. The normalized spacial score (nSPS) is 10.8. The van der Waals surface area contributed by atoms with Crippen molar-refractivity contribution in [2.24, 2.45) is 0 Å². The van der Waals surface area contributed by atoms with E-state index < -0.39 is 0 Å². The van der Waals surface area contributed by atoms with Gasteiger partial charge in [-0.15, -0.1) is 0 Å². The van der Waals surface area contributed by atoms with Gasteiger partial charge in [0.05, 0.1) is 17.8 Å². The molecule has 3 aromatic rings. The summed E-state index contributed by atoms with van der Waals surface area (Å²) in [6, 6.07) is 11.3. The number of carbonyl (C=O) groups excluding carboxylic acids is 1. The summed E-state index contributed by atoms with van der Waals surface area (Å²) in [6.45, 7) is 2.62. The van der Waals surface area contributed by atoms with E-state index in [2.05, 4.69) is 10.1 Å². The number of rotatable bonds is 5. The third-order valence-corrected chi connectivity index (χ3v) is 4.80. The first-order chi connectivity index (χ1) is 12.5. The zero-order valence-corrected chi connectivity index (χ0v) is 16.0. The topological polar surface area (TPSA) is 51.0 Å². The molecule has 0 N–H and O–H groups in total. The molecular weight excluding hydrogens is 371 g/mol. The van der Waals surface area contributed by atoms with Crippen molar-refractivity contribution >= 4 is 29.1 Å². The second-order valence-electron chi connectivity index (χ2n) is 6.02. The maximum absolute atomic E-state index is 12.9. The quantitative estimate of drug-likeness (QED) is 0.657. The Labute approximate surface area is 162 Å². The van der Waals surface area contributed by atoms with E-state index in [-0.39, 0.29) is 5.91 Å². The van der Waals surface area contributed by atoms with E-state index in [9.17, 15) is 4.79 Å². The molecule has 1 amide bonds. The van der Waals surface area contributed by atoms with Crippen molar-refractivity contribution in [3.05, 3.63) is 81.4 Å². The summed E-state index contributed by atoms with van der Waals surface area (Å²) in [6.07, 6.45) is 3.43. The second kappa shape index (κ2) is 7.89. The predicted molar refractivity (Wildman–Crippen MR) is 103 cm³/mol. The third kappa shape index (κ3) is 3.89. The molecule has 134 valence electrons. The zero-order chi connectivity index (χ0) is 18.7. The number of hydrogen-bond acceptors (Lipinski definition) is 3. The smallest absolute Gasteiger partial charge is 0.258 e. The van der Waals surface area contributed by atoms with Crippen LogP contribution in [0.1, 0.15) is 27.2 Å². The molecule has 2 heterocycles. The molecule has 0 saturated carbocycles. The molecule has 2 aromatic heterocycles. The summed E-state index contributed by atoms with van der Waals surface area (Å²) >= 11 is 12.7. The minimum atomic E-state index is -0.179. The van der Waals surface area contributed by atoms with Crippen LogP contribution in [-0.2, 0) is 13.1 Å². The minimum Gasteiger partial charge on any atom is -0.337 e. The first kappa shape index (κ1) is 18.4. The fraction of sp³-hybridized carbons (Fsp3) is 0.211. The van der Waals surface area contributed by atoms with Gasteiger partial charge in [0.2, 0.25) is 0 Å². The molecule has 0 radical (unpaired) electrons. The van der Waals surface area contributed by atoms with Crippen LogP contribution in [0.5, 0.6) is 0 Å². The fourth-order valence-corrected chi connectivity index (χ4v) is 3.23. The van der Waals surface area contributed by atoms with Gasteiger partial charge in [-0.2, -0.15) is 5.10 Å². The van der Waals surface area contributed by atoms with Crippen molar-refractivity contribution in [1.82, 2.24) is 19.7 Å². The largest absolute Gasteiger partial charge is 0.337 e. The van der Waals surface area contributed by atoms with Gasteiger partial charge in [-0.1, -0.05) is 47.5 Å². The Morgan fingerprint density at radius 2 is 1.96 bits per heavy atom. The molecule has 3 rings (SSSR count). The van der Waals surface area contributed by atoms with Gasteiger partial charge in [0.1, 0.15) is 5.15 Å². The summed E-state index contributed by atoms with van der Waals surface area (Å²) in [5.41, 5.74) is 2.83. The number of halogens is 2. The molecule has 0 aliphatic carbocycles. The highest BCUT2D eigenvalue weighted by Gasteiger charge is 2.23. The van der Waals surface area contributed by atoms with Crippen molar-refractivity contribution < 1.29 is 4.79 Å².